The molecule has 19 heavy (non-hydrogen) atoms. The lowest BCUT2D eigenvalue weighted by molar-refractivity contribution is 0.173. The zero-order valence-corrected chi connectivity index (χ0v) is 11.5. The van der Waals surface area contributed by atoms with Gasteiger partial charge in [-0.1, -0.05) is 5.92 Å². The summed E-state index contributed by atoms with van der Waals surface area (Å²) in [6.45, 7) is 3.78. The van der Waals surface area contributed by atoms with Crippen LogP contribution < -0.4 is 4.74 Å². The molecule has 2 heteroatoms. The lowest BCUT2D eigenvalue weighted by Gasteiger charge is -2.20. The lowest BCUT2D eigenvalue weighted by Crippen LogP contribution is -2.25. The van der Waals surface area contributed by atoms with Crippen LogP contribution in [0.15, 0.2) is 22.6 Å². The second-order valence-electron chi connectivity index (χ2n) is 5.63. The van der Waals surface area contributed by atoms with Gasteiger partial charge in [0.1, 0.15) is 17.1 Å². The zero-order chi connectivity index (χ0) is 13.5. The second-order valence-corrected chi connectivity index (χ2v) is 5.63. The smallest absolute Gasteiger partial charge is 0.163 e. The van der Waals surface area contributed by atoms with Crippen LogP contribution in [-0.2, 0) is 12.8 Å². The molecule has 2 aromatic rings. The first-order valence-corrected chi connectivity index (χ1v) is 6.80. The van der Waals surface area contributed by atoms with Gasteiger partial charge in [-0.2, -0.15) is 0 Å². The number of terminal acetylenes is 1. The molecule has 1 aromatic carbocycles. The molecule has 0 bridgehead atoms. The Bertz CT molecular complexity index is 656. The zero-order valence-electron chi connectivity index (χ0n) is 11.5. The molecule has 0 saturated heterocycles. The van der Waals surface area contributed by atoms with Gasteiger partial charge >= 0.3 is 0 Å². The first-order valence-electron chi connectivity index (χ1n) is 6.80. The number of hydrogen-bond donors (Lipinski definition) is 0. The van der Waals surface area contributed by atoms with Crippen LogP contribution in [0.1, 0.15) is 38.0 Å². The van der Waals surface area contributed by atoms with Gasteiger partial charge in [0.15, 0.2) is 5.60 Å². The normalized spacial score (nSPS) is 15.0. The van der Waals surface area contributed by atoms with Gasteiger partial charge in [-0.25, -0.2) is 0 Å². The van der Waals surface area contributed by atoms with Crippen molar-refractivity contribution in [2.75, 3.05) is 0 Å². The molecule has 1 aliphatic rings. The van der Waals surface area contributed by atoms with E-state index in [4.69, 9.17) is 15.6 Å². The molecule has 0 fully saturated rings. The fourth-order valence-electron chi connectivity index (χ4n) is 2.63. The summed E-state index contributed by atoms with van der Waals surface area (Å²) in [5.41, 5.74) is 1.72. The monoisotopic (exact) mass is 254 g/mol. The molecule has 0 amide bonds. The van der Waals surface area contributed by atoms with Crippen molar-refractivity contribution >= 4 is 11.0 Å². The molecule has 98 valence electrons. The molecule has 0 saturated carbocycles. The van der Waals surface area contributed by atoms with Crippen molar-refractivity contribution in [3.05, 3.63) is 29.5 Å². The highest BCUT2D eigenvalue weighted by Crippen LogP contribution is 2.34. The molecule has 0 spiro atoms. The van der Waals surface area contributed by atoms with Gasteiger partial charge < -0.3 is 9.15 Å². The van der Waals surface area contributed by atoms with E-state index in [2.05, 4.69) is 12.0 Å². The average Bonchev–Trinajstić information content (AvgIpc) is 2.76. The van der Waals surface area contributed by atoms with Crippen molar-refractivity contribution in [3.8, 4) is 18.1 Å². The van der Waals surface area contributed by atoms with E-state index in [0.29, 0.717) is 0 Å². The number of aryl methyl sites for hydroxylation is 2. The summed E-state index contributed by atoms with van der Waals surface area (Å²) < 4.78 is 11.7. The predicted molar refractivity (Wildman–Crippen MR) is 76.4 cm³/mol. The van der Waals surface area contributed by atoms with E-state index in [0.717, 1.165) is 29.9 Å². The molecular formula is C17H18O2. The maximum Gasteiger partial charge on any atom is 0.163 e. The molecule has 2 nitrogen and oxygen atoms in total. The molecule has 3 rings (SSSR count). The van der Waals surface area contributed by atoms with E-state index in [1.807, 2.05) is 26.0 Å². The van der Waals surface area contributed by atoms with Crippen molar-refractivity contribution in [2.24, 2.45) is 0 Å². The second kappa shape index (κ2) is 4.35. The number of hydrogen-bond acceptors (Lipinski definition) is 2. The fourth-order valence-corrected chi connectivity index (χ4v) is 2.63. The highest BCUT2D eigenvalue weighted by atomic mass is 16.5. The molecule has 1 heterocycles. The highest BCUT2D eigenvalue weighted by molar-refractivity contribution is 5.84. The van der Waals surface area contributed by atoms with Gasteiger partial charge in [0.2, 0.25) is 0 Å². The minimum Gasteiger partial charge on any atom is -0.475 e. The van der Waals surface area contributed by atoms with E-state index >= 15 is 0 Å². The Balaban J connectivity index is 2.03. The van der Waals surface area contributed by atoms with Crippen LogP contribution in [0.4, 0.5) is 0 Å². The van der Waals surface area contributed by atoms with Gasteiger partial charge in [0.25, 0.3) is 0 Å². The van der Waals surface area contributed by atoms with E-state index in [9.17, 15) is 0 Å². The van der Waals surface area contributed by atoms with E-state index in [-0.39, 0.29) is 0 Å². The van der Waals surface area contributed by atoms with Gasteiger partial charge in [-0.05, 0) is 51.3 Å². The molecule has 0 N–H and O–H groups in total. The highest BCUT2D eigenvalue weighted by Gasteiger charge is 2.20. The summed E-state index contributed by atoms with van der Waals surface area (Å²) in [6.07, 6.45) is 10.1. The summed E-state index contributed by atoms with van der Waals surface area (Å²) in [5, 5.41) is 1.18. The minimum atomic E-state index is -0.586. The Morgan fingerprint density at radius 3 is 2.84 bits per heavy atom. The van der Waals surface area contributed by atoms with Gasteiger partial charge in [0.05, 0.1) is 0 Å². The van der Waals surface area contributed by atoms with Crippen molar-refractivity contribution in [1.29, 1.82) is 0 Å². The molecule has 1 aliphatic carbocycles. The van der Waals surface area contributed by atoms with E-state index in [1.54, 1.807) is 0 Å². The standard InChI is InChI=1S/C17H18O2/c1-4-17(2,3)19-12-9-10-16-14(11-12)13-7-5-6-8-15(13)18-16/h1,9-11H,5-8H2,2-3H3. The Labute approximate surface area is 113 Å². The molecule has 0 unspecified atom stereocenters. The van der Waals surface area contributed by atoms with Crippen molar-refractivity contribution < 1.29 is 9.15 Å². The third-order valence-electron chi connectivity index (χ3n) is 3.65. The number of fused-ring (bicyclic) bond motifs is 3. The van der Waals surface area contributed by atoms with E-state index in [1.165, 1.54) is 23.8 Å². The summed E-state index contributed by atoms with van der Waals surface area (Å²) in [7, 11) is 0. The van der Waals surface area contributed by atoms with Gasteiger partial charge in [-0.3, -0.25) is 0 Å². The molecule has 0 aliphatic heterocycles. The summed E-state index contributed by atoms with van der Waals surface area (Å²) >= 11 is 0. The largest absolute Gasteiger partial charge is 0.475 e. The molecule has 1 aromatic heterocycles. The molecule has 0 atom stereocenters. The van der Waals surface area contributed by atoms with Gasteiger partial charge in [0, 0.05) is 17.4 Å². The third kappa shape index (κ3) is 2.21. The van der Waals surface area contributed by atoms with Crippen LogP contribution in [0.3, 0.4) is 0 Å². The summed E-state index contributed by atoms with van der Waals surface area (Å²) in [5.74, 6) is 4.61. The Morgan fingerprint density at radius 1 is 1.26 bits per heavy atom. The van der Waals surface area contributed by atoms with Crippen molar-refractivity contribution in [2.45, 2.75) is 45.1 Å². The van der Waals surface area contributed by atoms with Crippen LogP contribution in [0.25, 0.3) is 11.0 Å². The van der Waals surface area contributed by atoms with Gasteiger partial charge in [-0.15, -0.1) is 6.42 Å². The van der Waals surface area contributed by atoms with Crippen molar-refractivity contribution in [3.63, 3.8) is 0 Å². The minimum absolute atomic E-state index is 0.586. The Morgan fingerprint density at radius 2 is 2.05 bits per heavy atom. The summed E-state index contributed by atoms with van der Waals surface area (Å²) in [4.78, 5) is 0. The first-order chi connectivity index (χ1) is 9.09. The molecular weight excluding hydrogens is 236 g/mol. The molecule has 0 radical (unpaired) electrons. The topological polar surface area (TPSA) is 22.4 Å². The van der Waals surface area contributed by atoms with Crippen LogP contribution in [0.5, 0.6) is 5.75 Å². The predicted octanol–water partition coefficient (Wildman–Crippen LogP) is 4.10. The average molecular weight is 254 g/mol. The quantitative estimate of drug-likeness (QED) is 0.753. The number of benzene rings is 1. The van der Waals surface area contributed by atoms with E-state index < -0.39 is 5.60 Å². The lowest BCUT2D eigenvalue weighted by atomic mass is 9.96. The SMILES string of the molecule is C#CC(C)(C)Oc1ccc2oc3c(c2c1)CCCC3. The Kier molecular flexibility index (Phi) is 2.78. The Hall–Kier alpha value is -1.88. The summed E-state index contributed by atoms with van der Waals surface area (Å²) in [6, 6.07) is 5.97. The van der Waals surface area contributed by atoms with Crippen LogP contribution in [0.2, 0.25) is 0 Å². The maximum atomic E-state index is 5.91. The first kappa shape index (κ1) is 12.2. The van der Waals surface area contributed by atoms with Crippen LogP contribution in [0, 0.1) is 12.3 Å². The van der Waals surface area contributed by atoms with Crippen LogP contribution >= 0.6 is 0 Å². The third-order valence-corrected chi connectivity index (χ3v) is 3.65. The number of ether oxygens (including phenoxy) is 1. The van der Waals surface area contributed by atoms with Crippen LogP contribution in [-0.4, -0.2) is 5.60 Å². The number of furan rings is 1. The van der Waals surface area contributed by atoms with Crippen molar-refractivity contribution in [1.82, 2.24) is 0 Å². The maximum absolute atomic E-state index is 5.91. The fraction of sp³-hybridized carbons (Fsp3) is 0.412. The number of rotatable bonds is 2.